The van der Waals surface area contributed by atoms with Crippen LogP contribution in [-0.4, -0.2) is 5.11 Å². The Morgan fingerprint density at radius 1 is 1.11 bits per heavy atom. The monoisotopic (exact) mass is 319 g/mol. The molecule has 1 atom stereocenters. The van der Waals surface area contributed by atoms with Crippen LogP contribution in [0.5, 0.6) is 5.75 Å². The van der Waals surface area contributed by atoms with E-state index in [9.17, 15) is 5.11 Å². The van der Waals surface area contributed by atoms with Crippen molar-refractivity contribution in [2.45, 2.75) is 26.8 Å². The number of halogens is 1. The van der Waals surface area contributed by atoms with Crippen LogP contribution in [0.25, 0.3) is 0 Å². The molecule has 100 valence electrons. The molecule has 2 aromatic rings. The van der Waals surface area contributed by atoms with Crippen molar-refractivity contribution in [1.82, 2.24) is 0 Å². The van der Waals surface area contributed by atoms with Gasteiger partial charge in [0.2, 0.25) is 0 Å². The fourth-order valence-electron chi connectivity index (χ4n) is 2.12. The van der Waals surface area contributed by atoms with Crippen molar-refractivity contribution in [2.75, 3.05) is 5.32 Å². The van der Waals surface area contributed by atoms with Crippen LogP contribution in [0.1, 0.15) is 29.7 Å². The molecule has 0 aliphatic heterocycles. The number of nitrogens with one attached hydrogen (secondary N) is 1. The number of aromatic hydroxyl groups is 1. The first-order valence-electron chi connectivity index (χ1n) is 6.29. The molecule has 1 unspecified atom stereocenters. The number of anilines is 1. The quantitative estimate of drug-likeness (QED) is 0.839. The lowest BCUT2D eigenvalue weighted by molar-refractivity contribution is 0.465. The molecule has 0 radical (unpaired) electrons. The average molecular weight is 320 g/mol. The first kappa shape index (κ1) is 13.9. The third-order valence-corrected chi connectivity index (χ3v) is 3.70. The van der Waals surface area contributed by atoms with E-state index in [1.54, 1.807) is 6.07 Å². The molecular formula is C16H18BrNO. The van der Waals surface area contributed by atoms with Crippen molar-refractivity contribution in [2.24, 2.45) is 0 Å². The zero-order chi connectivity index (χ0) is 14.0. The molecule has 2 nitrogen and oxygen atoms in total. The topological polar surface area (TPSA) is 32.3 Å². The largest absolute Gasteiger partial charge is 0.508 e. The summed E-state index contributed by atoms with van der Waals surface area (Å²) in [6, 6.07) is 11.9. The van der Waals surface area contributed by atoms with Gasteiger partial charge in [0.1, 0.15) is 5.75 Å². The second-order valence-corrected chi connectivity index (χ2v) is 5.80. The molecule has 0 saturated heterocycles. The van der Waals surface area contributed by atoms with Crippen LogP contribution >= 0.6 is 15.9 Å². The Bertz CT molecular complexity index is 595. The summed E-state index contributed by atoms with van der Waals surface area (Å²) in [5.74, 6) is 0.334. The van der Waals surface area contributed by atoms with Crippen molar-refractivity contribution in [3.8, 4) is 5.75 Å². The molecule has 0 aliphatic carbocycles. The molecule has 0 saturated carbocycles. The molecule has 19 heavy (non-hydrogen) atoms. The number of aryl methyl sites for hydroxylation is 2. The molecule has 0 heterocycles. The van der Waals surface area contributed by atoms with Gasteiger partial charge in [-0.15, -0.1) is 0 Å². The van der Waals surface area contributed by atoms with Crippen molar-refractivity contribution < 1.29 is 5.11 Å². The Morgan fingerprint density at radius 3 is 2.53 bits per heavy atom. The van der Waals surface area contributed by atoms with E-state index in [1.165, 1.54) is 5.56 Å². The van der Waals surface area contributed by atoms with E-state index in [4.69, 9.17) is 0 Å². The molecule has 2 rings (SSSR count). The van der Waals surface area contributed by atoms with E-state index in [0.717, 1.165) is 21.3 Å². The smallest absolute Gasteiger partial charge is 0.120 e. The first-order chi connectivity index (χ1) is 8.97. The van der Waals surface area contributed by atoms with Crippen molar-refractivity contribution in [1.29, 1.82) is 0 Å². The predicted molar refractivity (Wildman–Crippen MR) is 83.8 cm³/mol. The van der Waals surface area contributed by atoms with Crippen molar-refractivity contribution >= 4 is 21.6 Å². The Kier molecular flexibility index (Phi) is 4.15. The summed E-state index contributed by atoms with van der Waals surface area (Å²) < 4.78 is 1.07. The lowest BCUT2D eigenvalue weighted by atomic mass is 10.0. The molecule has 0 bridgehead atoms. The van der Waals surface area contributed by atoms with Crippen LogP contribution in [0.15, 0.2) is 40.9 Å². The van der Waals surface area contributed by atoms with Crippen LogP contribution in [0, 0.1) is 13.8 Å². The normalized spacial score (nSPS) is 12.2. The van der Waals surface area contributed by atoms with E-state index in [2.05, 4.69) is 41.2 Å². The van der Waals surface area contributed by atoms with Crippen molar-refractivity contribution in [3.05, 3.63) is 57.6 Å². The molecule has 2 N–H and O–H groups in total. The van der Waals surface area contributed by atoms with Gasteiger partial charge in [-0.05, 0) is 50.6 Å². The van der Waals surface area contributed by atoms with Crippen LogP contribution in [0.2, 0.25) is 0 Å². The number of rotatable bonds is 3. The van der Waals surface area contributed by atoms with Gasteiger partial charge < -0.3 is 10.4 Å². The maximum atomic E-state index is 9.95. The van der Waals surface area contributed by atoms with Gasteiger partial charge in [-0.3, -0.25) is 0 Å². The molecule has 2 aromatic carbocycles. The molecule has 0 aliphatic rings. The standard InChI is InChI=1S/C16H18BrNO/c1-10-4-7-16(19)14(8-10)12(3)18-15-6-5-13(17)9-11(15)2/h4-9,12,18-19H,1-3H3. The highest BCUT2D eigenvalue weighted by atomic mass is 79.9. The molecule has 3 heteroatoms. The van der Waals surface area contributed by atoms with Crippen molar-refractivity contribution in [3.63, 3.8) is 0 Å². The number of hydrogen-bond donors (Lipinski definition) is 2. The fraction of sp³-hybridized carbons (Fsp3) is 0.250. The summed E-state index contributed by atoms with van der Waals surface area (Å²) >= 11 is 3.46. The summed E-state index contributed by atoms with van der Waals surface area (Å²) in [7, 11) is 0. The minimum Gasteiger partial charge on any atom is -0.508 e. The Balaban J connectivity index is 2.25. The maximum absolute atomic E-state index is 9.95. The zero-order valence-electron chi connectivity index (χ0n) is 11.4. The van der Waals surface area contributed by atoms with Crippen LogP contribution in [0.3, 0.4) is 0 Å². The number of benzene rings is 2. The third-order valence-electron chi connectivity index (χ3n) is 3.21. The van der Waals surface area contributed by atoms with E-state index < -0.39 is 0 Å². The van der Waals surface area contributed by atoms with Gasteiger partial charge in [0.25, 0.3) is 0 Å². The van der Waals surface area contributed by atoms with Crippen LogP contribution in [0.4, 0.5) is 5.69 Å². The first-order valence-corrected chi connectivity index (χ1v) is 7.09. The zero-order valence-corrected chi connectivity index (χ0v) is 13.0. The van der Waals surface area contributed by atoms with E-state index in [1.807, 2.05) is 31.2 Å². The second kappa shape index (κ2) is 5.66. The molecule has 0 fully saturated rings. The van der Waals surface area contributed by atoms with Crippen LogP contribution in [-0.2, 0) is 0 Å². The molecule has 0 aromatic heterocycles. The maximum Gasteiger partial charge on any atom is 0.120 e. The van der Waals surface area contributed by atoms with Gasteiger partial charge in [0, 0.05) is 15.7 Å². The minimum atomic E-state index is 0.0553. The minimum absolute atomic E-state index is 0.0553. The van der Waals surface area contributed by atoms with Gasteiger partial charge >= 0.3 is 0 Å². The Morgan fingerprint density at radius 2 is 1.84 bits per heavy atom. The fourth-order valence-corrected chi connectivity index (χ4v) is 2.60. The van der Waals surface area contributed by atoms with Gasteiger partial charge in [-0.25, -0.2) is 0 Å². The summed E-state index contributed by atoms with van der Waals surface area (Å²) in [5, 5.41) is 13.4. The highest BCUT2D eigenvalue weighted by Crippen LogP contribution is 2.29. The van der Waals surface area contributed by atoms with Gasteiger partial charge in [-0.2, -0.15) is 0 Å². The highest BCUT2D eigenvalue weighted by molar-refractivity contribution is 9.10. The van der Waals surface area contributed by atoms with E-state index in [-0.39, 0.29) is 6.04 Å². The SMILES string of the molecule is Cc1ccc(O)c(C(C)Nc2ccc(Br)cc2C)c1. The van der Waals surface area contributed by atoms with Gasteiger partial charge in [0.05, 0.1) is 6.04 Å². The van der Waals surface area contributed by atoms with E-state index in [0.29, 0.717) is 5.75 Å². The Labute approximate surface area is 122 Å². The lowest BCUT2D eigenvalue weighted by Crippen LogP contribution is -2.08. The van der Waals surface area contributed by atoms with Gasteiger partial charge in [0.15, 0.2) is 0 Å². The molecular weight excluding hydrogens is 302 g/mol. The summed E-state index contributed by atoms with van der Waals surface area (Å²) in [4.78, 5) is 0. The van der Waals surface area contributed by atoms with Gasteiger partial charge in [-0.1, -0.05) is 33.6 Å². The average Bonchev–Trinajstić information content (AvgIpc) is 2.35. The summed E-state index contributed by atoms with van der Waals surface area (Å²) in [5.41, 5.74) is 4.32. The Hall–Kier alpha value is -1.48. The van der Waals surface area contributed by atoms with Crippen LogP contribution < -0.4 is 5.32 Å². The third kappa shape index (κ3) is 3.29. The predicted octanol–water partition coefficient (Wildman–Crippen LogP) is 4.94. The number of phenolic OH excluding ortho intramolecular Hbond substituents is 1. The molecule has 0 spiro atoms. The van der Waals surface area contributed by atoms with E-state index >= 15 is 0 Å². The number of phenols is 1. The summed E-state index contributed by atoms with van der Waals surface area (Å²) in [6.45, 7) is 6.15. The second-order valence-electron chi connectivity index (χ2n) is 4.89. The molecule has 0 amide bonds. The lowest BCUT2D eigenvalue weighted by Gasteiger charge is -2.19. The number of hydrogen-bond acceptors (Lipinski definition) is 2. The summed E-state index contributed by atoms with van der Waals surface area (Å²) in [6.07, 6.45) is 0. The highest BCUT2D eigenvalue weighted by Gasteiger charge is 2.11.